The Morgan fingerprint density at radius 3 is 2.22 bits per heavy atom. The molecule has 0 bridgehead atoms. The summed E-state index contributed by atoms with van der Waals surface area (Å²) in [7, 11) is 0. The van der Waals surface area contributed by atoms with Crippen LogP contribution in [-0.2, 0) is 0 Å². The van der Waals surface area contributed by atoms with Crippen LogP contribution in [0.3, 0.4) is 0 Å². The molecule has 0 amide bonds. The van der Waals surface area contributed by atoms with Crippen molar-refractivity contribution in [3.05, 3.63) is 0 Å². The van der Waals surface area contributed by atoms with E-state index in [0.717, 1.165) is 0 Å². The Morgan fingerprint density at radius 2 is 1.78 bits per heavy atom. The van der Waals surface area contributed by atoms with Gasteiger partial charge in [-0.1, -0.05) is 23.2 Å². The fourth-order valence-corrected chi connectivity index (χ4v) is 1.13. The van der Waals surface area contributed by atoms with Gasteiger partial charge in [0.05, 0.1) is 0 Å². The number of halogens is 2. The van der Waals surface area contributed by atoms with Crippen molar-refractivity contribution in [2.45, 2.75) is 17.5 Å². The van der Waals surface area contributed by atoms with E-state index in [0.29, 0.717) is 0 Å². The summed E-state index contributed by atoms with van der Waals surface area (Å²) in [5, 5.41) is 8.24. The van der Waals surface area contributed by atoms with Crippen molar-refractivity contribution < 1.29 is 1.41 Å². The number of nitrogens with one attached hydrogen (secondary N) is 3. The summed E-state index contributed by atoms with van der Waals surface area (Å²) in [5.41, 5.74) is 1.36. The average Bonchev–Trinajstić information content (AvgIpc) is 1.85. The van der Waals surface area contributed by atoms with Crippen molar-refractivity contribution in [1.82, 2.24) is 16.0 Å². The maximum absolute atomic E-state index is 6.76. The Kier molecular flexibility index (Phi) is 2.05. The number of rotatable bonds is 1. The van der Waals surface area contributed by atoms with Gasteiger partial charge in [-0.3, -0.25) is 16.0 Å². The second-order valence-electron chi connectivity index (χ2n) is 1.66. The highest BCUT2D eigenvalue weighted by Gasteiger charge is 2.19. The molecular formula is C3H8Cl2N4. The third-order valence-corrected chi connectivity index (χ3v) is 1.42. The molecule has 1 saturated heterocycles. The molecule has 0 aromatic rings. The molecule has 2 unspecified atom stereocenters. The highest BCUT2D eigenvalue weighted by atomic mass is 35.5. The van der Waals surface area contributed by atoms with Crippen molar-refractivity contribution >= 4 is 23.2 Å². The van der Waals surface area contributed by atoms with E-state index >= 15 is 0 Å². The molecule has 1 rings (SSSR count). The molecule has 0 aliphatic carbocycles. The predicted octanol–water partition coefficient (Wildman–Crippen LogP) is -0.944. The average molecular weight is 172 g/mol. The minimum atomic E-state index is -0.411. The first kappa shape index (κ1) is 6.15. The van der Waals surface area contributed by atoms with Crippen LogP contribution in [0, 0.1) is 0 Å². The van der Waals surface area contributed by atoms with Crippen LogP contribution in [0.25, 0.3) is 0 Å². The first-order valence-electron chi connectivity index (χ1n) is 2.96. The maximum atomic E-state index is 6.76. The zero-order valence-corrected chi connectivity index (χ0v) is 6.00. The van der Waals surface area contributed by atoms with Gasteiger partial charge in [0.25, 0.3) is 0 Å². The fourth-order valence-electron chi connectivity index (χ4n) is 0.565. The molecule has 0 saturated carbocycles. The summed E-state index contributed by atoms with van der Waals surface area (Å²) in [6.45, 7) is 0. The maximum Gasteiger partial charge on any atom is 0.139 e. The largest absolute Gasteiger partial charge is 0.303 e. The standard InChI is InChI=1S/C3H8Cl2N4/c4-1-7-2(5)9-3(6)8-1/h1-3,7-9H,6H2/i/hD. The van der Waals surface area contributed by atoms with Crippen LogP contribution in [0.2, 0.25) is 1.41 Å². The van der Waals surface area contributed by atoms with Crippen molar-refractivity contribution in [3.63, 3.8) is 0 Å². The lowest BCUT2D eigenvalue weighted by molar-refractivity contribution is 0.297. The van der Waals surface area contributed by atoms with Gasteiger partial charge in [0.15, 0.2) is 0 Å². The first-order chi connectivity index (χ1) is 4.72. The van der Waals surface area contributed by atoms with Crippen LogP contribution >= 0.6 is 23.2 Å². The van der Waals surface area contributed by atoms with Crippen molar-refractivity contribution in [1.29, 1.82) is 0 Å². The zero-order chi connectivity index (χ0) is 7.56. The summed E-state index contributed by atoms with van der Waals surface area (Å²) in [6, 6.07) is 0. The van der Waals surface area contributed by atoms with E-state index in [2.05, 4.69) is 21.7 Å². The van der Waals surface area contributed by atoms with Gasteiger partial charge in [-0.25, -0.2) is 0 Å². The molecule has 5 N–H and O–H groups in total. The number of alkyl halides is 2. The monoisotopic (exact) mass is 171 g/mol. The Balaban J connectivity index is 2.35. The minimum Gasteiger partial charge on any atom is -0.303 e. The first-order valence-corrected chi connectivity index (χ1v) is 3.33. The topological polar surface area (TPSA) is 62.1 Å². The quantitative estimate of drug-likeness (QED) is 0.304. The van der Waals surface area contributed by atoms with E-state index in [1.807, 2.05) is 0 Å². The van der Waals surface area contributed by atoms with Gasteiger partial charge in [-0.2, -0.15) is 0 Å². The van der Waals surface area contributed by atoms with Crippen LogP contribution < -0.4 is 21.7 Å². The fraction of sp³-hybridized carbons (Fsp3) is 1.00. The van der Waals surface area contributed by atoms with Crippen LogP contribution in [0.5, 0.6) is 0 Å². The number of hydrogen-bond donors (Lipinski definition) is 4. The highest BCUT2D eigenvalue weighted by Crippen LogP contribution is 1.97. The predicted molar refractivity (Wildman–Crippen MR) is 36.7 cm³/mol. The molecule has 1 aliphatic rings. The third kappa shape index (κ3) is 2.25. The SMILES string of the molecule is [2H]NC1NC(Cl)NC(Cl)N1. The smallest absolute Gasteiger partial charge is 0.139 e. The number of hydrogen-bond acceptors (Lipinski definition) is 4. The Labute approximate surface area is 64.5 Å². The molecular weight excluding hydrogens is 163 g/mol. The summed E-state index contributed by atoms with van der Waals surface area (Å²) < 4.78 is 6.76. The molecule has 2 atom stereocenters. The Morgan fingerprint density at radius 1 is 1.22 bits per heavy atom. The van der Waals surface area contributed by atoms with E-state index in [1.165, 1.54) is 0 Å². The van der Waals surface area contributed by atoms with Gasteiger partial charge in [0, 0.05) is 0 Å². The molecule has 0 aromatic heterocycles. The third-order valence-electron chi connectivity index (χ3n) is 0.919. The normalized spacial score (nSPS) is 46.4. The van der Waals surface area contributed by atoms with Crippen molar-refractivity contribution in [3.8, 4) is 0 Å². The van der Waals surface area contributed by atoms with Crippen LogP contribution in [-0.4, -0.2) is 17.5 Å². The molecule has 4 nitrogen and oxygen atoms in total. The van der Waals surface area contributed by atoms with Gasteiger partial charge in [0.1, 0.15) is 19.0 Å². The zero-order valence-electron chi connectivity index (χ0n) is 5.49. The van der Waals surface area contributed by atoms with Gasteiger partial charge in [0.2, 0.25) is 0 Å². The highest BCUT2D eigenvalue weighted by molar-refractivity contribution is 6.23. The molecule has 1 fully saturated rings. The minimum absolute atomic E-state index is 0.369. The van der Waals surface area contributed by atoms with Crippen LogP contribution in [0.4, 0.5) is 0 Å². The van der Waals surface area contributed by atoms with Crippen molar-refractivity contribution in [2.75, 3.05) is 0 Å². The lowest BCUT2D eigenvalue weighted by Crippen LogP contribution is -2.66. The van der Waals surface area contributed by atoms with E-state index < -0.39 is 11.2 Å². The molecule has 0 spiro atoms. The van der Waals surface area contributed by atoms with E-state index in [-0.39, 0.29) is 6.29 Å². The van der Waals surface area contributed by atoms with E-state index in [1.54, 1.807) is 0 Å². The van der Waals surface area contributed by atoms with Crippen LogP contribution in [0.1, 0.15) is 0 Å². The molecule has 0 aromatic carbocycles. The van der Waals surface area contributed by atoms with Gasteiger partial charge < -0.3 is 5.73 Å². The lowest BCUT2D eigenvalue weighted by atomic mass is 10.7. The Bertz CT molecular complexity index is 105. The molecule has 54 valence electrons. The molecule has 6 heteroatoms. The van der Waals surface area contributed by atoms with Crippen LogP contribution in [0.15, 0.2) is 0 Å². The summed E-state index contributed by atoms with van der Waals surface area (Å²) >= 11 is 11.2. The van der Waals surface area contributed by atoms with Crippen molar-refractivity contribution in [2.24, 2.45) is 5.73 Å². The molecule has 9 heavy (non-hydrogen) atoms. The number of nitrogens with two attached hydrogens (primary N) is 1. The second kappa shape index (κ2) is 3.01. The summed E-state index contributed by atoms with van der Waals surface area (Å²) in [4.78, 5) is 0. The van der Waals surface area contributed by atoms with Gasteiger partial charge in [-0.05, 0) is 0 Å². The van der Waals surface area contributed by atoms with Gasteiger partial charge in [-0.15, -0.1) is 0 Å². The molecule has 0 radical (unpaired) electrons. The van der Waals surface area contributed by atoms with E-state index in [4.69, 9.17) is 24.6 Å². The summed E-state index contributed by atoms with van der Waals surface area (Å²) in [6.07, 6.45) is -0.369. The molecule has 1 heterocycles. The lowest BCUT2D eigenvalue weighted by Gasteiger charge is -2.30. The Hall–Kier alpha value is 0.420. The molecule has 1 aliphatic heterocycles. The second-order valence-corrected chi connectivity index (χ2v) is 2.53. The summed E-state index contributed by atoms with van der Waals surface area (Å²) in [5.74, 6) is 0. The van der Waals surface area contributed by atoms with Gasteiger partial charge >= 0.3 is 0 Å². The van der Waals surface area contributed by atoms with E-state index in [9.17, 15) is 0 Å².